The summed E-state index contributed by atoms with van der Waals surface area (Å²) in [4.78, 5) is 0. The van der Waals surface area contributed by atoms with Crippen LogP contribution in [0.4, 0.5) is 0 Å². The van der Waals surface area contributed by atoms with Gasteiger partial charge in [0, 0.05) is 0 Å². The molecule has 1 unspecified atom stereocenters. The van der Waals surface area contributed by atoms with Crippen LogP contribution >= 0.6 is 0 Å². The quantitative estimate of drug-likeness (QED) is 0.747. The Bertz CT molecular complexity index is 355. The number of ether oxygens (including phenoxy) is 1. The van der Waals surface area contributed by atoms with Gasteiger partial charge in [0.05, 0.1) is 6.61 Å². The van der Waals surface area contributed by atoms with E-state index in [0.717, 1.165) is 11.1 Å². The van der Waals surface area contributed by atoms with Gasteiger partial charge in [0.1, 0.15) is 11.9 Å². The fourth-order valence-electron chi connectivity index (χ4n) is 1.38. The molecule has 1 aromatic carbocycles. The Morgan fingerprint density at radius 1 is 1.53 bits per heavy atom. The van der Waals surface area contributed by atoms with Crippen LogP contribution in [0, 0.1) is 0 Å². The van der Waals surface area contributed by atoms with Crippen molar-refractivity contribution < 1.29 is 9.84 Å². The van der Waals surface area contributed by atoms with Gasteiger partial charge < -0.3 is 9.84 Å². The van der Waals surface area contributed by atoms with E-state index < -0.39 is 6.10 Å². The summed E-state index contributed by atoms with van der Waals surface area (Å²) in [5.74, 6) is 0.367. The first-order chi connectivity index (χ1) is 7.20. The van der Waals surface area contributed by atoms with Crippen molar-refractivity contribution in [2.45, 2.75) is 13.0 Å². The zero-order valence-electron chi connectivity index (χ0n) is 8.94. The molecule has 2 heteroatoms. The van der Waals surface area contributed by atoms with Gasteiger partial charge in [-0.1, -0.05) is 43.5 Å². The van der Waals surface area contributed by atoms with Gasteiger partial charge in [-0.3, -0.25) is 0 Å². The summed E-state index contributed by atoms with van der Waals surface area (Å²) < 4.78 is 5.18. The fourth-order valence-corrected chi connectivity index (χ4v) is 1.38. The van der Waals surface area contributed by atoms with E-state index in [9.17, 15) is 5.11 Å². The van der Waals surface area contributed by atoms with Crippen LogP contribution in [0.3, 0.4) is 0 Å². The van der Waals surface area contributed by atoms with Crippen LogP contribution < -0.4 is 0 Å². The molecule has 1 rings (SSSR count). The Labute approximate surface area is 90.5 Å². The van der Waals surface area contributed by atoms with E-state index in [1.807, 2.05) is 31.2 Å². The van der Waals surface area contributed by atoms with Crippen LogP contribution in [-0.2, 0) is 4.74 Å². The molecule has 15 heavy (non-hydrogen) atoms. The SMILES string of the molecule is C=Cc1ccccc1C(O)C(=C)OCC. The third-order valence-electron chi connectivity index (χ3n) is 2.15. The molecule has 1 aromatic rings. The van der Waals surface area contributed by atoms with Gasteiger partial charge in [0.25, 0.3) is 0 Å². The number of hydrogen-bond donors (Lipinski definition) is 1. The van der Waals surface area contributed by atoms with E-state index in [-0.39, 0.29) is 0 Å². The maximum absolute atomic E-state index is 9.96. The average molecular weight is 204 g/mol. The summed E-state index contributed by atoms with van der Waals surface area (Å²) in [6, 6.07) is 7.50. The molecule has 0 heterocycles. The lowest BCUT2D eigenvalue weighted by molar-refractivity contribution is 0.109. The highest BCUT2D eigenvalue weighted by Gasteiger charge is 2.14. The molecule has 1 atom stereocenters. The van der Waals surface area contributed by atoms with Gasteiger partial charge in [-0.25, -0.2) is 0 Å². The maximum Gasteiger partial charge on any atom is 0.136 e. The third kappa shape index (κ3) is 2.70. The summed E-state index contributed by atoms with van der Waals surface area (Å²) >= 11 is 0. The van der Waals surface area contributed by atoms with Gasteiger partial charge in [-0.2, -0.15) is 0 Å². The molecule has 1 N–H and O–H groups in total. The molecular weight excluding hydrogens is 188 g/mol. The molecule has 0 aliphatic heterocycles. The monoisotopic (exact) mass is 204 g/mol. The molecule has 0 aromatic heterocycles. The highest BCUT2D eigenvalue weighted by atomic mass is 16.5. The van der Waals surface area contributed by atoms with Crippen LogP contribution in [-0.4, -0.2) is 11.7 Å². The molecule has 0 saturated carbocycles. The zero-order valence-corrected chi connectivity index (χ0v) is 8.94. The van der Waals surface area contributed by atoms with E-state index in [2.05, 4.69) is 13.2 Å². The molecule has 0 saturated heterocycles. The predicted molar refractivity (Wildman–Crippen MR) is 62.3 cm³/mol. The molecule has 0 aliphatic rings. The van der Waals surface area contributed by atoms with Gasteiger partial charge in [-0.15, -0.1) is 0 Å². The number of aliphatic hydroxyl groups excluding tert-OH is 1. The van der Waals surface area contributed by atoms with Crippen LogP contribution in [0.1, 0.15) is 24.2 Å². The molecule has 80 valence electrons. The highest BCUT2D eigenvalue weighted by molar-refractivity contribution is 5.53. The van der Waals surface area contributed by atoms with Crippen LogP contribution in [0.5, 0.6) is 0 Å². The van der Waals surface area contributed by atoms with Gasteiger partial charge in [-0.05, 0) is 18.1 Å². The molecule has 0 amide bonds. The lowest BCUT2D eigenvalue weighted by Crippen LogP contribution is -2.05. The Morgan fingerprint density at radius 3 is 2.80 bits per heavy atom. The Kier molecular flexibility index (Phi) is 4.13. The van der Waals surface area contributed by atoms with Crippen molar-refractivity contribution >= 4 is 6.08 Å². The van der Waals surface area contributed by atoms with Crippen molar-refractivity contribution in [1.29, 1.82) is 0 Å². The van der Waals surface area contributed by atoms with Gasteiger partial charge >= 0.3 is 0 Å². The standard InChI is InChI=1S/C13H16O2/c1-4-11-8-6-7-9-12(11)13(14)10(3)15-5-2/h4,6-9,13-14H,1,3,5H2,2H3. The smallest absolute Gasteiger partial charge is 0.136 e. The Morgan fingerprint density at radius 2 is 2.20 bits per heavy atom. The van der Waals surface area contributed by atoms with Crippen molar-refractivity contribution in [3.05, 3.63) is 54.3 Å². The number of hydrogen-bond acceptors (Lipinski definition) is 2. The van der Waals surface area contributed by atoms with E-state index in [4.69, 9.17) is 4.74 Å². The van der Waals surface area contributed by atoms with E-state index >= 15 is 0 Å². The molecule has 2 nitrogen and oxygen atoms in total. The molecule has 0 fully saturated rings. The molecule has 0 aliphatic carbocycles. The minimum absolute atomic E-state index is 0.367. The predicted octanol–water partition coefficient (Wildman–Crippen LogP) is 2.91. The first-order valence-electron chi connectivity index (χ1n) is 4.91. The first kappa shape index (κ1) is 11.5. The van der Waals surface area contributed by atoms with Gasteiger partial charge in [0.2, 0.25) is 0 Å². The van der Waals surface area contributed by atoms with E-state index in [1.165, 1.54) is 0 Å². The molecule has 0 radical (unpaired) electrons. The van der Waals surface area contributed by atoms with Gasteiger partial charge in [0.15, 0.2) is 0 Å². The highest BCUT2D eigenvalue weighted by Crippen LogP contribution is 2.24. The van der Waals surface area contributed by atoms with Crippen molar-refractivity contribution in [3.63, 3.8) is 0 Å². The second-order valence-corrected chi connectivity index (χ2v) is 3.13. The normalized spacial score (nSPS) is 11.9. The summed E-state index contributed by atoms with van der Waals surface area (Å²) in [6.07, 6.45) is 0.914. The summed E-state index contributed by atoms with van der Waals surface area (Å²) in [7, 11) is 0. The van der Waals surface area contributed by atoms with Crippen LogP contribution in [0.2, 0.25) is 0 Å². The van der Waals surface area contributed by atoms with E-state index in [1.54, 1.807) is 6.08 Å². The number of rotatable bonds is 5. The molecule has 0 bridgehead atoms. The summed E-state index contributed by atoms with van der Waals surface area (Å²) in [5, 5.41) is 9.96. The summed E-state index contributed by atoms with van der Waals surface area (Å²) in [5.41, 5.74) is 1.66. The average Bonchev–Trinajstić information content (AvgIpc) is 2.28. The number of aliphatic hydroxyl groups is 1. The second-order valence-electron chi connectivity index (χ2n) is 3.13. The minimum atomic E-state index is -0.792. The first-order valence-corrected chi connectivity index (χ1v) is 4.91. The zero-order chi connectivity index (χ0) is 11.3. The fraction of sp³-hybridized carbons (Fsp3) is 0.231. The maximum atomic E-state index is 9.96. The second kappa shape index (κ2) is 5.37. The van der Waals surface area contributed by atoms with Crippen molar-refractivity contribution in [2.24, 2.45) is 0 Å². The lowest BCUT2D eigenvalue weighted by atomic mass is 10.0. The van der Waals surface area contributed by atoms with Crippen LogP contribution in [0.25, 0.3) is 6.08 Å². The minimum Gasteiger partial charge on any atom is -0.496 e. The number of benzene rings is 1. The topological polar surface area (TPSA) is 29.5 Å². The van der Waals surface area contributed by atoms with Crippen molar-refractivity contribution in [2.75, 3.05) is 6.61 Å². The largest absolute Gasteiger partial charge is 0.496 e. The van der Waals surface area contributed by atoms with E-state index in [0.29, 0.717) is 12.4 Å². The lowest BCUT2D eigenvalue weighted by Gasteiger charge is -2.16. The Hall–Kier alpha value is -1.54. The Balaban J connectivity index is 2.94. The van der Waals surface area contributed by atoms with Crippen LogP contribution in [0.15, 0.2) is 43.2 Å². The summed E-state index contributed by atoms with van der Waals surface area (Å²) in [6.45, 7) is 9.75. The van der Waals surface area contributed by atoms with Crippen molar-refractivity contribution in [3.8, 4) is 0 Å². The molecular formula is C13H16O2. The third-order valence-corrected chi connectivity index (χ3v) is 2.15. The molecule has 0 spiro atoms. The van der Waals surface area contributed by atoms with Crippen molar-refractivity contribution in [1.82, 2.24) is 0 Å².